The van der Waals surface area contributed by atoms with Gasteiger partial charge in [0.05, 0.1) is 13.2 Å². The van der Waals surface area contributed by atoms with Crippen molar-refractivity contribution < 1.29 is 14.2 Å². The van der Waals surface area contributed by atoms with Crippen molar-refractivity contribution in [3.63, 3.8) is 0 Å². The molecule has 0 aliphatic carbocycles. The Morgan fingerprint density at radius 1 is 1.60 bits per heavy atom. The van der Waals surface area contributed by atoms with Crippen molar-refractivity contribution in [2.75, 3.05) is 13.8 Å². The predicted molar refractivity (Wildman–Crippen MR) is 62.5 cm³/mol. The van der Waals surface area contributed by atoms with Gasteiger partial charge < -0.3 is 15.6 Å². The van der Waals surface area contributed by atoms with Crippen molar-refractivity contribution in [3.8, 4) is 11.5 Å². The van der Waals surface area contributed by atoms with Gasteiger partial charge in [-0.05, 0) is 12.1 Å². The van der Waals surface area contributed by atoms with E-state index < -0.39 is 12.7 Å². The topological polar surface area (TPSA) is 55.5 Å². The van der Waals surface area contributed by atoms with E-state index in [0.29, 0.717) is 10.0 Å². The maximum atomic E-state index is 12.4. The van der Waals surface area contributed by atoms with Crippen molar-refractivity contribution >= 4 is 28.3 Å². The van der Waals surface area contributed by atoms with Gasteiger partial charge in [0.2, 0.25) is 0 Å². The fourth-order valence-corrected chi connectivity index (χ4v) is 1.77. The number of ether oxygens (including phenoxy) is 1. The summed E-state index contributed by atoms with van der Waals surface area (Å²) in [5, 5.41) is 9.67. The Balaban J connectivity index is 0.00000196. The van der Waals surface area contributed by atoms with Crippen molar-refractivity contribution in [3.05, 3.63) is 22.2 Å². The molecule has 0 aromatic heterocycles. The minimum atomic E-state index is -0.848. The summed E-state index contributed by atoms with van der Waals surface area (Å²) in [4.78, 5) is 0. The zero-order valence-electron chi connectivity index (χ0n) is 8.04. The van der Waals surface area contributed by atoms with Gasteiger partial charge >= 0.3 is 0 Å². The van der Waals surface area contributed by atoms with Crippen LogP contribution in [-0.2, 0) is 0 Å². The molecule has 86 valence electrons. The summed E-state index contributed by atoms with van der Waals surface area (Å²) in [6.45, 7) is -0.737. The Kier molecular flexibility index (Phi) is 5.93. The minimum Gasteiger partial charge on any atom is -0.504 e. The summed E-state index contributed by atoms with van der Waals surface area (Å²) in [7, 11) is 1.42. The standard InChI is InChI=1S/C9H11BrFNO2.ClH/c1-14-7-3-2-5(10)8(9(7)13)6(12)4-11;/h2-3,6,13H,4,12H2,1H3;1H/t6-;/m1./s1. The molecule has 0 saturated heterocycles. The summed E-state index contributed by atoms with van der Waals surface area (Å²) in [6.07, 6.45) is 0. The summed E-state index contributed by atoms with van der Waals surface area (Å²) >= 11 is 3.19. The van der Waals surface area contributed by atoms with E-state index in [0.717, 1.165) is 0 Å². The molecule has 0 heterocycles. The van der Waals surface area contributed by atoms with Crippen LogP contribution >= 0.6 is 28.3 Å². The third-order valence-corrected chi connectivity index (χ3v) is 2.58. The minimum absolute atomic E-state index is 0. The van der Waals surface area contributed by atoms with Crippen LogP contribution in [0.3, 0.4) is 0 Å². The molecule has 1 atom stereocenters. The Bertz CT molecular complexity index is 338. The molecule has 0 amide bonds. The Labute approximate surface area is 102 Å². The van der Waals surface area contributed by atoms with E-state index in [9.17, 15) is 9.50 Å². The van der Waals surface area contributed by atoms with E-state index in [4.69, 9.17) is 10.5 Å². The van der Waals surface area contributed by atoms with Gasteiger partial charge in [-0.15, -0.1) is 12.4 Å². The first-order chi connectivity index (χ1) is 6.61. The number of benzene rings is 1. The van der Waals surface area contributed by atoms with Gasteiger partial charge in [-0.25, -0.2) is 4.39 Å². The summed E-state index contributed by atoms with van der Waals surface area (Å²) in [5.74, 6) is 0.166. The highest BCUT2D eigenvalue weighted by Crippen LogP contribution is 2.38. The van der Waals surface area contributed by atoms with E-state index in [2.05, 4.69) is 15.9 Å². The second kappa shape index (κ2) is 6.15. The monoisotopic (exact) mass is 299 g/mol. The molecule has 0 saturated carbocycles. The van der Waals surface area contributed by atoms with E-state index >= 15 is 0 Å². The van der Waals surface area contributed by atoms with E-state index in [1.54, 1.807) is 12.1 Å². The number of nitrogens with two attached hydrogens (primary N) is 1. The first-order valence-electron chi connectivity index (χ1n) is 3.98. The molecule has 0 aliphatic heterocycles. The molecule has 0 fully saturated rings. The first-order valence-corrected chi connectivity index (χ1v) is 4.78. The van der Waals surface area contributed by atoms with Crippen molar-refractivity contribution in [1.82, 2.24) is 0 Å². The smallest absolute Gasteiger partial charge is 0.163 e. The third-order valence-electron chi connectivity index (χ3n) is 1.88. The van der Waals surface area contributed by atoms with Crippen LogP contribution in [0.5, 0.6) is 11.5 Å². The number of aromatic hydroxyl groups is 1. The van der Waals surface area contributed by atoms with Gasteiger partial charge in [0, 0.05) is 10.0 Å². The second-order valence-electron chi connectivity index (χ2n) is 2.77. The fraction of sp³-hybridized carbons (Fsp3) is 0.333. The predicted octanol–water partition coefficient (Wildman–Crippen LogP) is 2.55. The SMILES string of the molecule is COc1ccc(Br)c([C@H](N)CF)c1O.Cl. The lowest BCUT2D eigenvalue weighted by Crippen LogP contribution is -2.13. The van der Waals surface area contributed by atoms with Crippen molar-refractivity contribution in [2.45, 2.75) is 6.04 Å². The van der Waals surface area contributed by atoms with E-state index in [1.165, 1.54) is 7.11 Å². The molecular formula is C9H12BrClFNO2. The van der Waals surface area contributed by atoms with E-state index in [-0.39, 0.29) is 23.9 Å². The van der Waals surface area contributed by atoms with Crippen LogP contribution in [-0.4, -0.2) is 18.9 Å². The molecule has 1 aromatic carbocycles. The fourth-order valence-electron chi connectivity index (χ4n) is 1.16. The first kappa shape index (κ1) is 14.5. The molecule has 0 unspecified atom stereocenters. The Hall–Kier alpha value is -0.520. The second-order valence-corrected chi connectivity index (χ2v) is 3.63. The number of phenols is 1. The molecule has 0 radical (unpaired) electrons. The highest BCUT2D eigenvalue weighted by molar-refractivity contribution is 9.10. The van der Waals surface area contributed by atoms with Crippen LogP contribution in [0.25, 0.3) is 0 Å². The molecule has 1 rings (SSSR count). The Morgan fingerprint density at radius 2 is 2.20 bits per heavy atom. The molecule has 0 spiro atoms. The molecule has 15 heavy (non-hydrogen) atoms. The number of phenolic OH excluding ortho intramolecular Hbond substituents is 1. The summed E-state index contributed by atoms with van der Waals surface area (Å²) in [6, 6.07) is 2.39. The van der Waals surface area contributed by atoms with Crippen molar-refractivity contribution in [1.29, 1.82) is 0 Å². The van der Waals surface area contributed by atoms with Crippen molar-refractivity contribution in [2.24, 2.45) is 5.73 Å². The number of methoxy groups -OCH3 is 1. The van der Waals surface area contributed by atoms with Gasteiger partial charge in [-0.1, -0.05) is 15.9 Å². The maximum absolute atomic E-state index is 12.4. The average molecular weight is 301 g/mol. The molecule has 3 N–H and O–H groups in total. The molecular weight excluding hydrogens is 288 g/mol. The molecule has 1 aromatic rings. The average Bonchev–Trinajstić information content (AvgIpc) is 2.18. The summed E-state index contributed by atoms with van der Waals surface area (Å²) < 4.78 is 17.8. The van der Waals surface area contributed by atoms with Crippen LogP contribution in [0.4, 0.5) is 4.39 Å². The number of halogens is 3. The van der Waals surface area contributed by atoms with Crippen LogP contribution in [0.2, 0.25) is 0 Å². The zero-order chi connectivity index (χ0) is 10.7. The van der Waals surface area contributed by atoms with Gasteiger partial charge in [0.15, 0.2) is 11.5 Å². The molecule has 6 heteroatoms. The largest absolute Gasteiger partial charge is 0.504 e. The van der Waals surface area contributed by atoms with Crippen LogP contribution in [0, 0.1) is 0 Å². The van der Waals surface area contributed by atoms with Crippen LogP contribution in [0.1, 0.15) is 11.6 Å². The van der Waals surface area contributed by atoms with Gasteiger partial charge in [-0.3, -0.25) is 0 Å². The third kappa shape index (κ3) is 2.96. The number of alkyl halides is 1. The number of hydrogen-bond acceptors (Lipinski definition) is 3. The van der Waals surface area contributed by atoms with Gasteiger partial charge in [-0.2, -0.15) is 0 Å². The molecule has 0 aliphatic rings. The quantitative estimate of drug-likeness (QED) is 0.902. The highest BCUT2D eigenvalue weighted by Gasteiger charge is 2.17. The van der Waals surface area contributed by atoms with Gasteiger partial charge in [0.25, 0.3) is 0 Å². The van der Waals surface area contributed by atoms with E-state index in [1.807, 2.05) is 0 Å². The number of hydrogen-bond donors (Lipinski definition) is 2. The normalized spacial score (nSPS) is 11.7. The number of rotatable bonds is 3. The lowest BCUT2D eigenvalue weighted by atomic mass is 10.1. The van der Waals surface area contributed by atoms with Gasteiger partial charge in [0.1, 0.15) is 6.67 Å². The highest BCUT2D eigenvalue weighted by atomic mass is 79.9. The molecule has 0 bridgehead atoms. The lowest BCUT2D eigenvalue weighted by Gasteiger charge is -2.14. The van der Waals surface area contributed by atoms with Crippen LogP contribution in [0.15, 0.2) is 16.6 Å². The Morgan fingerprint density at radius 3 is 2.67 bits per heavy atom. The molecule has 3 nitrogen and oxygen atoms in total. The zero-order valence-corrected chi connectivity index (χ0v) is 10.4. The summed E-state index contributed by atoms with van der Waals surface area (Å²) in [5.41, 5.74) is 5.82. The lowest BCUT2D eigenvalue weighted by molar-refractivity contribution is 0.362. The van der Waals surface area contributed by atoms with Crippen LogP contribution < -0.4 is 10.5 Å². The maximum Gasteiger partial charge on any atom is 0.163 e.